The lowest BCUT2D eigenvalue weighted by atomic mass is 9.86. The average molecular weight is 535 g/mol. The predicted molar refractivity (Wildman–Crippen MR) is 149 cm³/mol. The fourth-order valence-corrected chi connectivity index (χ4v) is 5.84. The maximum absolute atomic E-state index is 12.8. The summed E-state index contributed by atoms with van der Waals surface area (Å²) >= 11 is 0. The molecular weight excluding hydrogens is 499 g/mol. The number of piperidine rings is 1. The lowest BCUT2D eigenvalue weighted by Gasteiger charge is -2.32. The van der Waals surface area contributed by atoms with E-state index in [1.807, 2.05) is 16.9 Å². The maximum Gasteiger partial charge on any atom is 0.320 e. The molecule has 0 amide bonds. The second-order valence-electron chi connectivity index (χ2n) is 9.70. The molecule has 11 heteroatoms. The van der Waals surface area contributed by atoms with E-state index in [2.05, 4.69) is 38.8 Å². The van der Waals surface area contributed by atoms with Gasteiger partial charge in [0, 0.05) is 24.5 Å². The van der Waals surface area contributed by atoms with Gasteiger partial charge in [-0.15, -0.1) is 0 Å². The molecule has 8 nitrogen and oxygen atoms in total. The molecule has 3 saturated heterocycles. The van der Waals surface area contributed by atoms with Crippen molar-refractivity contribution >= 4 is 43.7 Å². The van der Waals surface area contributed by atoms with Crippen molar-refractivity contribution in [3.8, 4) is 11.8 Å². The van der Waals surface area contributed by atoms with Crippen LogP contribution in [0.5, 0.6) is 6.01 Å². The standard InChI is InChI=1S/C25H31FN6O2.2H2S/c1-16-9-18-13-27-32(22(18)11-21(16)17-3-6-30(7-4-17)8-5-26)24-12-23(28-25(29-24)33-2)31-14-20-10-19(31)15-34-20;;/h9,11-13,17,19-20H,3-8,10,14-15H2,1-2H3;2*1H2. The summed E-state index contributed by atoms with van der Waals surface area (Å²) in [5, 5.41) is 5.79. The first-order chi connectivity index (χ1) is 16.6. The van der Waals surface area contributed by atoms with E-state index in [4.69, 9.17) is 14.6 Å². The average Bonchev–Trinajstić information content (AvgIpc) is 3.60. The van der Waals surface area contributed by atoms with Crippen molar-refractivity contribution in [2.75, 3.05) is 51.5 Å². The summed E-state index contributed by atoms with van der Waals surface area (Å²) in [6, 6.07) is 7.19. The van der Waals surface area contributed by atoms with E-state index in [1.165, 1.54) is 11.1 Å². The Balaban J connectivity index is 0.00000152. The van der Waals surface area contributed by atoms with Crippen LogP contribution < -0.4 is 9.64 Å². The summed E-state index contributed by atoms with van der Waals surface area (Å²) in [7, 11) is 1.60. The van der Waals surface area contributed by atoms with Gasteiger partial charge in [0.25, 0.3) is 0 Å². The van der Waals surface area contributed by atoms with Gasteiger partial charge in [0.15, 0.2) is 5.82 Å². The molecule has 0 aliphatic carbocycles. The molecule has 0 spiro atoms. The van der Waals surface area contributed by atoms with E-state index in [1.54, 1.807) is 7.11 Å². The number of rotatable bonds is 6. The van der Waals surface area contributed by atoms with Gasteiger partial charge in [-0.1, -0.05) is 0 Å². The van der Waals surface area contributed by atoms with Gasteiger partial charge in [0.1, 0.15) is 12.5 Å². The third kappa shape index (κ3) is 4.90. The minimum absolute atomic E-state index is 0. The molecule has 36 heavy (non-hydrogen) atoms. The molecule has 2 bridgehead atoms. The van der Waals surface area contributed by atoms with Crippen molar-refractivity contribution in [1.29, 1.82) is 0 Å². The van der Waals surface area contributed by atoms with Gasteiger partial charge < -0.3 is 19.3 Å². The molecule has 3 aliphatic rings. The van der Waals surface area contributed by atoms with Crippen molar-refractivity contribution < 1.29 is 13.9 Å². The van der Waals surface area contributed by atoms with Gasteiger partial charge >= 0.3 is 6.01 Å². The van der Waals surface area contributed by atoms with Gasteiger partial charge in [-0.25, -0.2) is 9.07 Å². The predicted octanol–water partition coefficient (Wildman–Crippen LogP) is 3.48. The Morgan fingerprint density at radius 2 is 1.89 bits per heavy atom. The van der Waals surface area contributed by atoms with Gasteiger partial charge in [0.05, 0.1) is 37.6 Å². The highest BCUT2D eigenvalue weighted by molar-refractivity contribution is 7.59. The van der Waals surface area contributed by atoms with Gasteiger partial charge in [-0.2, -0.15) is 42.1 Å². The van der Waals surface area contributed by atoms with Crippen LogP contribution in [0.15, 0.2) is 24.4 Å². The Labute approximate surface area is 225 Å². The Kier molecular flexibility index (Phi) is 8.33. The van der Waals surface area contributed by atoms with E-state index < -0.39 is 0 Å². The summed E-state index contributed by atoms with van der Waals surface area (Å²) in [4.78, 5) is 13.8. The number of alkyl halides is 1. The van der Waals surface area contributed by atoms with Crippen molar-refractivity contribution in [3.05, 3.63) is 35.5 Å². The van der Waals surface area contributed by atoms with Gasteiger partial charge in [-0.05, 0) is 68.5 Å². The number of benzene rings is 1. The number of fused-ring (bicyclic) bond motifs is 3. The molecule has 0 saturated carbocycles. The molecule has 196 valence electrons. The Hall–Kier alpha value is -2.08. The van der Waals surface area contributed by atoms with Crippen molar-refractivity contribution in [3.63, 3.8) is 0 Å². The van der Waals surface area contributed by atoms with Crippen LogP contribution >= 0.6 is 27.0 Å². The molecule has 2 atom stereocenters. The molecule has 3 aliphatic heterocycles. The van der Waals surface area contributed by atoms with E-state index in [0.29, 0.717) is 30.3 Å². The van der Waals surface area contributed by atoms with E-state index in [9.17, 15) is 4.39 Å². The summed E-state index contributed by atoms with van der Waals surface area (Å²) in [5.41, 5.74) is 3.67. The highest BCUT2D eigenvalue weighted by Crippen LogP contribution is 2.35. The molecule has 3 fully saturated rings. The number of likely N-dealkylation sites (tertiary alicyclic amines) is 1. The summed E-state index contributed by atoms with van der Waals surface area (Å²) < 4.78 is 25.9. The maximum atomic E-state index is 12.8. The second-order valence-corrected chi connectivity index (χ2v) is 9.70. The summed E-state index contributed by atoms with van der Waals surface area (Å²) in [6.45, 7) is 5.92. The van der Waals surface area contributed by atoms with E-state index in [0.717, 1.165) is 62.2 Å². The number of hydrogen-bond acceptors (Lipinski definition) is 7. The number of aromatic nitrogens is 4. The van der Waals surface area contributed by atoms with Crippen LogP contribution in [-0.4, -0.2) is 83.4 Å². The zero-order chi connectivity index (χ0) is 23.2. The first-order valence-corrected chi connectivity index (χ1v) is 12.2. The normalized spacial score (nSPS) is 22.0. The van der Waals surface area contributed by atoms with Crippen LogP contribution in [0.4, 0.5) is 10.2 Å². The van der Waals surface area contributed by atoms with Crippen molar-refractivity contribution in [1.82, 2.24) is 24.6 Å². The fraction of sp³-hybridized carbons (Fsp3) is 0.560. The third-order valence-electron chi connectivity index (χ3n) is 7.66. The summed E-state index contributed by atoms with van der Waals surface area (Å²) in [6.07, 6.45) is 5.31. The quantitative estimate of drug-likeness (QED) is 0.480. The van der Waals surface area contributed by atoms with Crippen LogP contribution in [-0.2, 0) is 4.74 Å². The van der Waals surface area contributed by atoms with Crippen molar-refractivity contribution in [2.24, 2.45) is 0 Å². The Morgan fingerprint density at radius 3 is 2.56 bits per heavy atom. The van der Waals surface area contributed by atoms with Crippen molar-refractivity contribution in [2.45, 2.75) is 44.2 Å². The molecule has 0 radical (unpaired) electrons. The minimum Gasteiger partial charge on any atom is -0.467 e. The highest BCUT2D eigenvalue weighted by Gasteiger charge is 2.40. The fourth-order valence-electron chi connectivity index (χ4n) is 5.84. The first kappa shape index (κ1) is 27.0. The number of aryl methyl sites for hydroxylation is 1. The SMILES string of the molecule is COc1nc(N2CC3CC2CO3)cc(-n2ncc3cc(C)c(C4CCN(CCF)CC4)cc32)n1.S.S. The largest absolute Gasteiger partial charge is 0.467 e. The number of hydrogen-bond donors (Lipinski definition) is 0. The third-order valence-corrected chi connectivity index (χ3v) is 7.66. The number of methoxy groups -OCH3 is 1. The smallest absolute Gasteiger partial charge is 0.320 e. The number of anilines is 1. The molecular formula is C25H35FN6O2S2. The minimum atomic E-state index is -0.273. The molecule has 5 heterocycles. The van der Waals surface area contributed by atoms with Crippen LogP contribution in [0, 0.1) is 6.92 Å². The topological polar surface area (TPSA) is 68.5 Å². The molecule has 6 rings (SSSR count). The molecule has 1 aromatic carbocycles. The summed E-state index contributed by atoms with van der Waals surface area (Å²) in [5.74, 6) is 2.03. The molecule has 2 aromatic heterocycles. The Bertz CT molecular complexity index is 1200. The van der Waals surface area contributed by atoms with Gasteiger partial charge in [-0.3, -0.25) is 0 Å². The number of nitrogens with zero attached hydrogens (tertiary/aromatic N) is 6. The van der Waals surface area contributed by atoms with Crippen LogP contribution in [0.25, 0.3) is 16.7 Å². The lowest BCUT2D eigenvalue weighted by molar-refractivity contribution is 0.0988. The molecule has 0 N–H and O–H groups in total. The first-order valence-electron chi connectivity index (χ1n) is 12.2. The van der Waals surface area contributed by atoms with E-state index in [-0.39, 0.29) is 39.8 Å². The number of morpholine rings is 1. The highest BCUT2D eigenvalue weighted by atomic mass is 32.1. The monoisotopic (exact) mass is 534 g/mol. The second kappa shape index (κ2) is 11.1. The lowest BCUT2D eigenvalue weighted by Crippen LogP contribution is -2.37. The number of halogens is 1. The zero-order valence-electron chi connectivity index (χ0n) is 20.8. The van der Waals surface area contributed by atoms with E-state index >= 15 is 0 Å². The van der Waals surface area contributed by atoms with Crippen LogP contribution in [0.2, 0.25) is 0 Å². The van der Waals surface area contributed by atoms with Crippen LogP contribution in [0.1, 0.15) is 36.3 Å². The molecule has 3 aromatic rings. The van der Waals surface area contributed by atoms with Crippen LogP contribution in [0.3, 0.4) is 0 Å². The molecule has 2 unspecified atom stereocenters. The number of ether oxygens (including phenoxy) is 2. The Morgan fingerprint density at radius 1 is 1.11 bits per heavy atom. The zero-order valence-corrected chi connectivity index (χ0v) is 22.8. The van der Waals surface area contributed by atoms with Gasteiger partial charge in [0.2, 0.25) is 0 Å².